The van der Waals surface area contributed by atoms with E-state index in [0.29, 0.717) is 39.1 Å². The van der Waals surface area contributed by atoms with Gasteiger partial charge in [-0.05, 0) is 36.9 Å². The van der Waals surface area contributed by atoms with Crippen LogP contribution in [0.2, 0.25) is 5.28 Å². The summed E-state index contributed by atoms with van der Waals surface area (Å²) in [5, 5.41) is 0.258. The van der Waals surface area contributed by atoms with E-state index in [1.54, 1.807) is 0 Å². The van der Waals surface area contributed by atoms with Gasteiger partial charge in [-0.1, -0.05) is 6.92 Å². The van der Waals surface area contributed by atoms with Crippen LogP contribution in [-0.4, -0.2) is 47.1 Å². The fourth-order valence-corrected chi connectivity index (χ4v) is 2.71. The van der Waals surface area contributed by atoms with Gasteiger partial charge in [0.15, 0.2) is 0 Å². The van der Waals surface area contributed by atoms with E-state index in [-0.39, 0.29) is 11.2 Å². The second-order valence-corrected chi connectivity index (χ2v) is 5.19. The number of halogens is 1. The zero-order chi connectivity index (χ0) is 14.5. The van der Waals surface area contributed by atoms with Crippen molar-refractivity contribution in [2.75, 3.05) is 26.3 Å². The van der Waals surface area contributed by atoms with Crippen molar-refractivity contribution >= 4 is 17.5 Å². The number of aryl methyl sites for hydroxylation is 2. The van der Waals surface area contributed by atoms with Gasteiger partial charge in [0.1, 0.15) is 0 Å². The number of carbonyl (C=O) groups is 1. The van der Waals surface area contributed by atoms with Crippen LogP contribution < -0.4 is 0 Å². The summed E-state index contributed by atoms with van der Waals surface area (Å²) >= 11 is 5.91. The van der Waals surface area contributed by atoms with Crippen molar-refractivity contribution in [1.82, 2.24) is 14.9 Å². The summed E-state index contributed by atoms with van der Waals surface area (Å²) in [6.45, 7) is 6.62. The zero-order valence-electron chi connectivity index (χ0n) is 12.0. The van der Waals surface area contributed by atoms with Gasteiger partial charge in [-0.25, -0.2) is 9.97 Å². The Morgan fingerprint density at radius 2 is 2.05 bits per heavy atom. The number of morpholine rings is 1. The summed E-state index contributed by atoms with van der Waals surface area (Å²) in [6.07, 6.45) is 1.92. The van der Waals surface area contributed by atoms with Crippen molar-refractivity contribution in [2.24, 2.45) is 0 Å². The molecule has 0 radical (unpaired) electrons. The van der Waals surface area contributed by atoms with Gasteiger partial charge in [-0.15, -0.1) is 0 Å². The second-order valence-electron chi connectivity index (χ2n) is 4.85. The molecule has 2 rings (SSSR count). The molecule has 0 unspecified atom stereocenters. The number of rotatable bonds is 4. The normalized spacial score (nSPS) is 15.4. The Labute approximate surface area is 124 Å². The quantitative estimate of drug-likeness (QED) is 0.795. The van der Waals surface area contributed by atoms with Crippen LogP contribution in [0.15, 0.2) is 0 Å². The van der Waals surface area contributed by atoms with Gasteiger partial charge >= 0.3 is 0 Å². The van der Waals surface area contributed by atoms with Crippen LogP contribution in [0.3, 0.4) is 0 Å². The van der Waals surface area contributed by atoms with E-state index in [2.05, 4.69) is 16.9 Å². The van der Waals surface area contributed by atoms with Crippen molar-refractivity contribution in [3.63, 3.8) is 0 Å². The average molecular weight is 298 g/mol. The minimum absolute atomic E-state index is 0.155. The molecule has 0 bridgehead atoms. The van der Waals surface area contributed by atoms with E-state index in [9.17, 15) is 4.79 Å². The third kappa shape index (κ3) is 3.67. The van der Waals surface area contributed by atoms with Gasteiger partial charge in [0.05, 0.1) is 13.2 Å². The molecule has 0 N–H and O–H groups in total. The van der Waals surface area contributed by atoms with Crippen LogP contribution in [-0.2, 0) is 22.4 Å². The molecular formula is C14H20ClN3O2. The monoisotopic (exact) mass is 297 g/mol. The number of hydrogen-bond donors (Lipinski definition) is 0. The second kappa shape index (κ2) is 6.99. The Balaban J connectivity index is 2.01. The number of aromatic nitrogens is 2. The van der Waals surface area contributed by atoms with E-state index in [1.165, 1.54) is 0 Å². The lowest BCUT2D eigenvalue weighted by Crippen LogP contribution is -2.40. The molecule has 1 fully saturated rings. The Bertz CT molecular complexity index is 488. The van der Waals surface area contributed by atoms with Gasteiger partial charge in [0, 0.05) is 30.9 Å². The Morgan fingerprint density at radius 1 is 1.35 bits per heavy atom. The summed E-state index contributed by atoms with van der Waals surface area (Å²) in [5.41, 5.74) is 2.90. The molecule has 1 aliphatic heterocycles. The summed E-state index contributed by atoms with van der Waals surface area (Å²) in [4.78, 5) is 22.4. The molecule has 1 aliphatic rings. The lowest BCUT2D eigenvalue weighted by molar-refractivity contribution is -0.135. The first-order valence-electron chi connectivity index (χ1n) is 6.99. The molecule has 0 spiro atoms. The first-order chi connectivity index (χ1) is 9.61. The van der Waals surface area contributed by atoms with Crippen molar-refractivity contribution in [3.05, 3.63) is 22.2 Å². The number of nitrogens with zero attached hydrogens (tertiary/aromatic N) is 3. The standard InChI is InChI=1S/C14H20ClN3O2/c1-3-11-10(2)16-14(15)17-12(11)4-5-13(19)18-6-8-20-9-7-18/h3-9H2,1-2H3. The van der Waals surface area contributed by atoms with Crippen molar-refractivity contribution in [1.29, 1.82) is 0 Å². The van der Waals surface area contributed by atoms with Gasteiger partial charge in [-0.3, -0.25) is 4.79 Å². The fourth-order valence-electron chi connectivity index (χ4n) is 2.48. The molecule has 20 heavy (non-hydrogen) atoms. The first-order valence-corrected chi connectivity index (χ1v) is 7.37. The highest BCUT2D eigenvalue weighted by Crippen LogP contribution is 2.16. The van der Waals surface area contributed by atoms with E-state index in [4.69, 9.17) is 16.3 Å². The summed E-state index contributed by atoms with van der Waals surface area (Å²) < 4.78 is 5.25. The molecule has 5 nitrogen and oxygen atoms in total. The maximum atomic E-state index is 12.1. The maximum absolute atomic E-state index is 12.1. The third-order valence-corrected chi connectivity index (χ3v) is 3.73. The highest BCUT2D eigenvalue weighted by Gasteiger charge is 2.18. The van der Waals surface area contributed by atoms with Crippen LogP contribution in [0.25, 0.3) is 0 Å². The topological polar surface area (TPSA) is 55.3 Å². The highest BCUT2D eigenvalue weighted by molar-refractivity contribution is 6.28. The highest BCUT2D eigenvalue weighted by atomic mass is 35.5. The van der Waals surface area contributed by atoms with E-state index in [1.807, 2.05) is 11.8 Å². The lowest BCUT2D eigenvalue weighted by atomic mass is 10.1. The van der Waals surface area contributed by atoms with Crippen LogP contribution in [0, 0.1) is 6.92 Å². The summed E-state index contributed by atoms with van der Waals surface area (Å²) in [7, 11) is 0. The Morgan fingerprint density at radius 3 is 2.70 bits per heavy atom. The molecule has 1 aromatic rings. The summed E-state index contributed by atoms with van der Waals surface area (Å²) in [5.74, 6) is 0.155. The minimum Gasteiger partial charge on any atom is -0.378 e. The molecule has 1 amide bonds. The van der Waals surface area contributed by atoms with Crippen LogP contribution in [0.1, 0.15) is 30.3 Å². The van der Waals surface area contributed by atoms with Crippen LogP contribution >= 0.6 is 11.6 Å². The van der Waals surface area contributed by atoms with Crippen molar-refractivity contribution in [2.45, 2.75) is 33.1 Å². The molecule has 0 atom stereocenters. The molecular weight excluding hydrogens is 278 g/mol. The van der Waals surface area contributed by atoms with Crippen LogP contribution in [0.4, 0.5) is 0 Å². The summed E-state index contributed by atoms with van der Waals surface area (Å²) in [6, 6.07) is 0. The van der Waals surface area contributed by atoms with Crippen molar-refractivity contribution in [3.8, 4) is 0 Å². The van der Waals surface area contributed by atoms with E-state index < -0.39 is 0 Å². The van der Waals surface area contributed by atoms with Gasteiger partial charge in [0.2, 0.25) is 11.2 Å². The molecule has 0 aromatic carbocycles. The predicted molar refractivity (Wildman–Crippen MR) is 76.9 cm³/mol. The predicted octanol–water partition coefficient (Wildman–Crippen LogP) is 1.79. The number of amides is 1. The molecule has 1 saturated heterocycles. The Hall–Kier alpha value is -1.20. The van der Waals surface area contributed by atoms with Crippen LogP contribution in [0.5, 0.6) is 0 Å². The average Bonchev–Trinajstić information content (AvgIpc) is 2.45. The van der Waals surface area contributed by atoms with Gasteiger partial charge in [-0.2, -0.15) is 0 Å². The first kappa shape index (κ1) is 15.2. The number of hydrogen-bond acceptors (Lipinski definition) is 4. The van der Waals surface area contributed by atoms with Crippen molar-refractivity contribution < 1.29 is 9.53 Å². The zero-order valence-corrected chi connectivity index (χ0v) is 12.7. The fraction of sp³-hybridized carbons (Fsp3) is 0.643. The minimum atomic E-state index is 0.155. The Kier molecular flexibility index (Phi) is 5.31. The molecule has 6 heteroatoms. The molecule has 0 aliphatic carbocycles. The van der Waals surface area contributed by atoms with E-state index in [0.717, 1.165) is 23.4 Å². The number of ether oxygens (including phenoxy) is 1. The maximum Gasteiger partial charge on any atom is 0.223 e. The molecule has 1 aromatic heterocycles. The van der Waals surface area contributed by atoms with E-state index >= 15 is 0 Å². The molecule has 110 valence electrons. The SMILES string of the molecule is CCc1c(C)nc(Cl)nc1CCC(=O)N1CCOCC1. The van der Waals surface area contributed by atoms with Gasteiger partial charge < -0.3 is 9.64 Å². The lowest BCUT2D eigenvalue weighted by Gasteiger charge is -2.26. The van der Waals surface area contributed by atoms with Gasteiger partial charge in [0.25, 0.3) is 0 Å². The largest absolute Gasteiger partial charge is 0.378 e. The number of carbonyl (C=O) groups excluding carboxylic acids is 1. The molecule has 2 heterocycles. The smallest absolute Gasteiger partial charge is 0.223 e. The molecule has 0 saturated carbocycles. The third-order valence-electron chi connectivity index (χ3n) is 3.57.